The number of amides is 1. The molecule has 3 rings (SSSR count). The highest BCUT2D eigenvalue weighted by molar-refractivity contribution is 5.77. The Morgan fingerprint density at radius 2 is 2.12 bits per heavy atom. The van der Waals surface area contributed by atoms with Gasteiger partial charge >= 0.3 is 0 Å². The number of aryl methyl sites for hydroxylation is 2. The van der Waals surface area contributed by atoms with Crippen LogP contribution in [0.5, 0.6) is 0 Å². The van der Waals surface area contributed by atoms with Crippen LogP contribution in [0.1, 0.15) is 48.0 Å². The van der Waals surface area contributed by atoms with Crippen LogP contribution in [0.25, 0.3) is 0 Å². The minimum atomic E-state index is 0.0286. The Balaban J connectivity index is 1.67. The van der Waals surface area contributed by atoms with Crippen LogP contribution in [-0.2, 0) is 11.2 Å². The molecule has 2 aromatic heterocycles. The summed E-state index contributed by atoms with van der Waals surface area (Å²) in [6.45, 7) is 4.58. The van der Waals surface area contributed by atoms with E-state index in [0.29, 0.717) is 12.8 Å². The Kier molecular flexibility index (Phi) is 5.01. The van der Waals surface area contributed by atoms with Crippen LogP contribution in [0.4, 0.5) is 5.82 Å². The molecule has 7 nitrogen and oxygen atoms in total. The van der Waals surface area contributed by atoms with Crippen LogP contribution in [0.2, 0.25) is 0 Å². The highest BCUT2D eigenvalue weighted by atomic mass is 16.5. The van der Waals surface area contributed by atoms with Crippen molar-refractivity contribution in [1.82, 2.24) is 20.3 Å². The van der Waals surface area contributed by atoms with Crippen LogP contribution in [0, 0.1) is 13.8 Å². The molecule has 3 heterocycles. The molecule has 1 aliphatic rings. The third kappa shape index (κ3) is 3.65. The van der Waals surface area contributed by atoms with Gasteiger partial charge in [-0.25, -0.2) is 0 Å². The summed E-state index contributed by atoms with van der Waals surface area (Å²) in [5.74, 6) is 1.77. The van der Waals surface area contributed by atoms with Crippen LogP contribution >= 0.6 is 0 Å². The lowest BCUT2D eigenvalue weighted by Crippen LogP contribution is -2.31. The fourth-order valence-electron chi connectivity index (χ4n) is 3.36. The molecule has 1 atom stereocenters. The molecule has 1 amide bonds. The predicted molar refractivity (Wildman–Crippen MR) is 94.3 cm³/mol. The molecule has 7 heteroatoms. The van der Waals surface area contributed by atoms with E-state index < -0.39 is 0 Å². The molecule has 0 bridgehead atoms. The van der Waals surface area contributed by atoms with E-state index in [1.807, 2.05) is 49.9 Å². The van der Waals surface area contributed by atoms with Crippen LogP contribution in [-0.4, -0.2) is 46.8 Å². The van der Waals surface area contributed by atoms with Gasteiger partial charge in [-0.1, -0.05) is 5.16 Å². The van der Waals surface area contributed by atoms with Gasteiger partial charge in [0.2, 0.25) is 5.91 Å². The molecule has 134 valence electrons. The Bertz CT molecular complexity index is 719. The maximum Gasteiger partial charge on any atom is 0.223 e. The van der Waals surface area contributed by atoms with Crippen molar-refractivity contribution in [2.75, 3.05) is 25.5 Å². The molecular formula is C18H25N5O2. The maximum absolute atomic E-state index is 12.7. The second-order valence-corrected chi connectivity index (χ2v) is 6.76. The summed E-state index contributed by atoms with van der Waals surface area (Å²) in [6, 6.07) is 3.96. The Labute approximate surface area is 148 Å². The molecule has 0 aromatic carbocycles. The standard InChI is InChI=1S/C18H25N5O2/c1-12-14(13(2)25-21-12)7-10-18(24)23-11-5-6-16(23)15-8-9-17(20-19-15)22(3)4/h8-9,16H,5-7,10-11H2,1-4H3. The maximum atomic E-state index is 12.7. The quantitative estimate of drug-likeness (QED) is 0.830. The number of hydrogen-bond acceptors (Lipinski definition) is 6. The normalized spacial score (nSPS) is 17.1. The highest BCUT2D eigenvalue weighted by Crippen LogP contribution is 2.31. The first-order valence-electron chi connectivity index (χ1n) is 8.69. The molecule has 0 saturated carbocycles. The van der Waals surface area contributed by atoms with Gasteiger partial charge < -0.3 is 14.3 Å². The lowest BCUT2D eigenvalue weighted by molar-refractivity contribution is -0.132. The van der Waals surface area contributed by atoms with Crippen molar-refractivity contribution in [3.05, 3.63) is 34.8 Å². The van der Waals surface area contributed by atoms with Crippen molar-refractivity contribution < 1.29 is 9.32 Å². The molecule has 1 fully saturated rings. The van der Waals surface area contributed by atoms with Crippen molar-refractivity contribution in [3.63, 3.8) is 0 Å². The van der Waals surface area contributed by atoms with Crippen molar-refractivity contribution in [2.24, 2.45) is 0 Å². The summed E-state index contributed by atoms with van der Waals surface area (Å²) >= 11 is 0. The molecule has 0 radical (unpaired) electrons. The first-order valence-corrected chi connectivity index (χ1v) is 8.69. The van der Waals surface area contributed by atoms with Crippen LogP contribution in [0.15, 0.2) is 16.7 Å². The zero-order chi connectivity index (χ0) is 18.0. The zero-order valence-electron chi connectivity index (χ0n) is 15.3. The number of likely N-dealkylation sites (tertiary alicyclic amines) is 1. The third-order valence-electron chi connectivity index (χ3n) is 4.81. The molecule has 0 spiro atoms. The molecule has 0 aliphatic carbocycles. The molecule has 1 saturated heterocycles. The summed E-state index contributed by atoms with van der Waals surface area (Å²) in [6.07, 6.45) is 3.06. The largest absolute Gasteiger partial charge is 0.361 e. The monoisotopic (exact) mass is 343 g/mol. The fraction of sp³-hybridized carbons (Fsp3) is 0.556. The van der Waals surface area contributed by atoms with Gasteiger partial charge in [0.05, 0.1) is 17.4 Å². The first kappa shape index (κ1) is 17.4. The van der Waals surface area contributed by atoms with Crippen LogP contribution < -0.4 is 4.90 Å². The van der Waals surface area contributed by atoms with E-state index in [1.165, 1.54) is 0 Å². The second-order valence-electron chi connectivity index (χ2n) is 6.76. The van der Waals surface area contributed by atoms with Crippen molar-refractivity contribution >= 4 is 11.7 Å². The number of nitrogens with zero attached hydrogens (tertiary/aromatic N) is 5. The van der Waals surface area contributed by atoms with E-state index in [9.17, 15) is 4.79 Å². The Hall–Kier alpha value is -2.44. The minimum absolute atomic E-state index is 0.0286. The van der Waals surface area contributed by atoms with Gasteiger partial charge in [-0.05, 0) is 45.2 Å². The number of carbonyl (C=O) groups is 1. The summed E-state index contributed by atoms with van der Waals surface area (Å²) in [5, 5.41) is 12.5. The van der Waals surface area contributed by atoms with E-state index in [4.69, 9.17) is 4.52 Å². The van der Waals surface area contributed by atoms with Crippen LogP contribution in [0.3, 0.4) is 0 Å². The average Bonchev–Trinajstić information content (AvgIpc) is 3.20. The average molecular weight is 343 g/mol. The summed E-state index contributed by atoms with van der Waals surface area (Å²) in [4.78, 5) is 16.6. The summed E-state index contributed by atoms with van der Waals surface area (Å²) in [5.41, 5.74) is 2.78. The molecular weight excluding hydrogens is 318 g/mol. The smallest absolute Gasteiger partial charge is 0.223 e. The lowest BCUT2D eigenvalue weighted by Gasteiger charge is -2.24. The van der Waals surface area contributed by atoms with E-state index in [1.54, 1.807) is 0 Å². The van der Waals surface area contributed by atoms with Gasteiger partial charge in [-0.2, -0.15) is 5.10 Å². The van der Waals surface area contributed by atoms with Crippen molar-refractivity contribution in [1.29, 1.82) is 0 Å². The molecule has 1 aliphatic heterocycles. The number of aromatic nitrogens is 3. The third-order valence-corrected chi connectivity index (χ3v) is 4.81. The lowest BCUT2D eigenvalue weighted by atomic mass is 10.1. The fourth-order valence-corrected chi connectivity index (χ4v) is 3.36. The van der Waals surface area contributed by atoms with Gasteiger partial charge in [0.25, 0.3) is 0 Å². The van der Waals surface area contributed by atoms with Crippen molar-refractivity contribution in [2.45, 2.75) is 45.6 Å². The summed E-state index contributed by atoms with van der Waals surface area (Å²) < 4.78 is 5.18. The van der Waals surface area contributed by atoms with E-state index >= 15 is 0 Å². The Morgan fingerprint density at radius 1 is 1.32 bits per heavy atom. The number of carbonyl (C=O) groups excluding carboxylic acids is 1. The predicted octanol–water partition coefficient (Wildman–Crippen LogP) is 2.44. The number of hydrogen-bond donors (Lipinski definition) is 0. The van der Waals surface area contributed by atoms with E-state index in [2.05, 4.69) is 15.4 Å². The van der Waals surface area contributed by atoms with Gasteiger partial charge in [-0.3, -0.25) is 4.79 Å². The number of anilines is 1. The zero-order valence-corrected chi connectivity index (χ0v) is 15.3. The topological polar surface area (TPSA) is 75.4 Å². The molecule has 1 unspecified atom stereocenters. The highest BCUT2D eigenvalue weighted by Gasteiger charge is 2.31. The van der Waals surface area contributed by atoms with Gasteiger partial charge in [0, 0.05) is 32.6 Å². The summed E-state index contributed by atoms with van der Waals surface area (Å²) in [7, 11) is 3.87. The van der Waals surface area contributed by atoms with Gasteiger partial charge in [0.1, 0.15) is 5.76 Å². The van der Waals surface area contributed by atoms with Gasteiger partial charge in [0.15, 0.2) is 5.82 Å². The molecule has 25 heavy (non-hydrogen) atoms. The molecule has 2 aromatic rings. The van der Waals surface area contributed by atoms with E-state index in [0.717, 1.165) is 47.9 Å². The van der Waals surface area contributed by atoms with Gasteiger partial charge in [-0.15, -0.1) is 5.10 Å². The SMILES string of the molecule is Cc1noc(C)c1CCC(=O)N1CCCC1c1ccc(N(C)C)nn1. The van der Waals surface area contributed by atoms with E-state index in [-0.39, 0.29) is 11.9 Å². The number of rotatable bonds is 5. The first-order chi connectivity index (χ1) is 12.0. The second kappa shape index (κ2) is 7.21. The molecule has 0 N–H and O–H groups in total. The minimum Gasteiger partial charge on any atom is -0.361 e. The van der Waals surface area contributed by atoms with Crippen molar-refractivity contribution in [3.8, 4) is 0 Å². The Morgan fingerprint density at radius 3 is 2.72 bits per heavy atom.